The fraction of sp³-hybridized carbons (Fsp3) is 0.364. The van der Waals surface area contributed by atoms with Crippen LogP contribution in [0.1, 0.15) is 30.5 Å². The van der Waals surface area contributed by atoms with Gasteiger partial charge in [-0.15, -0.1) is 35.7 Å². The first kappa shape index (κ1) is 26.1. The van der Waals surface area contributed by atoms with Crippen LogP contribution in [-0.4, -0.2) is 31.3 Å². The Labute approximate surface area is 201 Å². The van der Waals surface area contributed by atoms with Crippen molar-refractivity contribution in [3.8, 4) is 0 Å². The van der Waals surface area contributed by atoms with Crippen LogP contribution < -0.4 is 21.3 Å². The van der Waals surface area contributed by atoms with Gasteiger partial charge in [0.2, 0.25) is 0 Å². The molecular weight excluding hydrogens is 509 g/mol. The van der Waals surface area contributed by atoms with E-state index in [-0.39, 0.29) is 36.0 Å². The number of hydrogen-bond donors (Lipinski definition) is 4. The summed E-state index contributed by atoms with van der Waals surface area (Å²) in [7, 11) is 1.76. The molecule has 30 heavy (non-hydrogen) atoms. The third kappa shape index (κ3) is 8.83. The Hall–Kier alpha value is -1.94. The zero-order valence-electron chi connectivity index (χ0n) is 18.2. The van der Waals surface area contributed by atoms with Crippen LogP contribution in [0.15, 0.2) is 52.4 Å². The molecule has 0 aliphatic rings. The molecule has 0 saturated heterocycles. The number of guanidine groups is 1. The molecule has 0 heterocycles. The first-order valence-corrected chi connectivity index (χ1v) is 10.9. The second kappa shape index (κ2) is 13.4. The van der Waals surface area contributed by atoms with Gasteiger partial charge in [-0.25, -0.2) is 4.79 Å². The van der Waals surface area contributed by atoms with Gasteiger partial charge in [0.05, 0.1) is 0 Å². The summed E-state index contributed by atoms with van der Waals surface area (Å²) in [5.74, 6) is 0.746. The summed E-state index contributed by atoms with van der Waals surface area (Å²) in [5.41, 5.74) is 4.38. The van der Waals surface area contributed by atoms with Gasteiger partial charge in [0, 0.05) is 36.8 Å². The molecule has 0 atom stereocenters. The van der Waals surface area contributed by atoms with Crippen molar-refractivity contribution < 1.29 is 4.79 Å². The van der Waals surface area contributed by atoms with Crippen LogP contribution in [0, 0.1) is 6.92 Å². The first-order valence-electron chi connectivity index (χ1n) is 9.65. The lowest BCUT2D eigenvalue weighted by Gasteiger charge is -2.14. The van der Waals surface area contributed by atoms with E-state index in [9.17, 15) is 4.79 Å². The number of aliphatic imine (C=N–C) groups is 1. The molecule has 164 valence electrons. The summed E-state index contributed by atoms with van der Waals surface area (Å²) in [6, 6.07) is 14.1. The lowest BCUT2D eigenvalue weighted by atomic mass is 10.1. The number of hydrogen-bond acceptors (Lipinski definition) is 3. The van der Waals surface area contributed by atoms with Crippen molar-refractivity contribution in [3.63, 3.8) is 0 Å². The maximum atomic E-state index is 11.8. The molecule has 6 nitrogen and oxygen atoms in total. The molecule has 8 heteroatoms. The van der Waals surface area contributed by atoms with Gasteiger partial charge in [0.1, 0.15) is 0 Å². The van der Waals surface area contributed by atoms with Gasteiger partial charge in [-0.05, 0) is 61.9 Å². The number of thioether (sulfide) groups is 1. The maximum absolute atomic E-state index is 11.8. The van der Waals surface area contributed by atoms with Crippen LogP contribution in [0.2, 0.25) is 0 Å². The standard InChI is InChI=1S/C22H31N5OS.HI/c1-15(2)26-22(28)27-19-10-7-17(8-11-19)13-24-21(23-4)25-14-18-9-6-16(3)12-20(18)29-5;/h6-12,15H,13-14H2,1-5H3,(H2,23,24,25)(H2,26,27,28);1H. The molecule has 0 aliphatic heterocycles. The largest absolute Gasteiger partial charge is 0.352 e. The van der Waals surface area contributed by atoms with E-state index in [2.05, 4.69) is 57.6 Å². The minimum atomic E-state index is -0.198. The van der Waals surface area contributed by atoms with E-state index >= 15 is 0 Å². The van der Waals surface area contributed by atoms with E-state index in [1.807, 2.05) is 38.1 Å². The second-order valence-electron chi connectivity index (χ2n) is 7.04. The number of rotatable bonds is 7. The Bertz CT molecular complexity index is 840. The van der Waals surface area contributed by atoms with E-state index in [0.717, 1.165) is 17.2 Å². The second-order valence-corrected chi connectivity index (χ2v) is 7.89. The number of anilines is 1. The molecule has 0 unspecified atom stereocenters. The zero-order valence-corrected chi connectivity index (χ0v) is 21.4. The van der Waals surface area contributed by atoms with Crippen LogP contribution in [0.3, 0.4) is 0 Å². The Morgan fingerprint density at radius 1 is 1.07 bits per heavy atom. The molecule has 0 aromatic heterocycles. The molecule has 0 aliphatic carbocycles. The molecule has 0 spiro atoms. The highest BCUT2D eigenvalue weighted by Crippen LogP contribution is 2.21. The number of nitrogens with zero attached hydrogens (tertiary/aromatic N) is 1. The summed E-state index contributed by atoms with van der Waals surface area (Å²) in [4.78, 5) is 17.3. The van der Waals surface area contributed by atoms with Crippen molar-refractivity contribution in [2.24, 2.45) is 4.99 Å². The third-order valence-electron chi connectivity index (χ3n) is 4.20. The number of benzene rings is 2. The number of urea groups is 1. The molecule has 0 radical (unpaired) electrons. The molecule has 2 aromatic rings. The Balaban J connectivity index is 0.00000450. The summed E-state index contributed by atoms with van der Waals surface area (Å²) in [5, 5.41) is 12.3. The monoisotopic (exact) mass is 541 g/mol. The van der Waals surface area contributed by atoms with Crippen LogP contribution in [0.5, 0.6) is 0 Å². The molecule has 2 aromatic carbocycles. The highest BCUT2D eigenvalue weighted by atomic mass is 127. The lowest BCUT2D eigenvalue weighted by molar-refractivity contribution is 0.250. The number of halogens is 1. The summed E-state index contributed by atoms with van der Waals surface area (Å²) < 4.78 is 0. The van der Waals surface area contributed by atoms with Crippen molar-refractivity contribution in [3.05, 3.63) is 59.2 Å². The number of amides is 2. The zero-order chi connectivity index (χ0) is 21.2. The Morgan fingerprint density at radius 3 is 2.33 bits per heavy atom. The maximum Gasteiger partial charge on any atom is 0.319 e. The van der Waals surface area contributed by atoms with Crippen LogP contribution in [0.25, 0.3) is 0 Å². The Morgan fingerprint density at radius 2 is 1.73 bits per heavy atom. The number of aryl methyl sites for hydroxylation is 1. The normalized spacial score (nSPS) is 10.9. The number of carbonyl (C=O) groups is 1. The van der Waals surface area contributed by atoms with E-state index in [1.54, 1.807) is 18.8 Å². The van der Waals surface area contributed by atoms with Gasteiger partial charge in [-0.1, -0.05) is 24.3 Å². The molecule has 0 bridgehead atoms. The average molecular weight is 542 g/mol. The van der Waals surface area contributed by atoms with E-state index < -0.39 is 0 Å². The SMILES string of the molecule is CN=C(NCc1ccc(NC(=O)NC(C)C)cc1)NCc1ccc(C)cc1SC.I. The van der Waals surface area contributed by atoms with Gasteiger partial charge in [-0.2, -0.15) is 0 Å². The first-order chi connectivity index (χ1) is 13.9. The van der Waals surface area contributed by atoms with Gasteiger partial charge in [-0.3, -0.25) is 4.99 Å². The highest BCUT2D eigenvalue weighted by Gasteiger charge is 2.05. The smallest absolute Gasteiger partial charge is 0.319 e. The van der Waals surface area contributed by atoms with Crippen LogP contribution in [0.4, 0.5) is 10.5 Å². The van der Waals surface area contributed by atoms with Crippen molar-refractivity contribution in [2.75, 3.05) is 18.6 Å². The summed E-state index contributed by atoms with van der Waals surface area (Å²) in [6.45, 7) is 7.31. The molecule has 4 N–H and O–H groups in total. The number of carbonyl (C=O) groups excluding carboxylic acids is 1. The van der Waals surface area contributed by atoms with Crippen molar-refractivity contribution in [1.82, 2.24) is 16.0 Å². The topological polar surface area (TPSA) is 77.5 Å². The van der Waals surface area contributed by atoms with Crippen LogP contribution >= 0.6 is 35.7 Å². The fourth-order valence-corrected chi connectivity index (χ4v) is 3.42. The fourth-order valence-electron chi connectivity index (χ4n) is 2.72. The summed E-state index contributed by atoms with van der Waals surface area (Å²) >= 11 is 1.75. The van der Waals surface area contributed by atoms with E-state index in [0.29, 0.717) is 13.1 Å². The van der Waals surface area contributed by atoms with Crippen molar-refractivity contribution >= 4 is 53.4 Å². The number of nitrogens with one attached hydrogen (secondary N) is 4. The predicted octanol–water partition coefficient (Wildman–Crippen LogP) is 4.73. The van der Waals surface area contributed by atoms with Crippen molar-refractivity contribution in [1.29, 1.82) is 0 Å². The predicted molar refractivity (Wildman–Crippen MR) is 139 cm³/mol. The molecule has 0 fully saturated rings. The van der Waals surface area contributed by atoms with E-state index in [1.165, 1.54) is 16.0 Å². The highest BCUT2D eigenvalue weighted by molar-refractivity contribution is 14.0. The minimum Gasteiger partial charge on any atom is -0.352 e. The third-order valence-corrected chi connectivity index (χ3v) is 5.02. The minimum absolute atomic E-state index is 0. The Kier molecular flexibility index (Phi) is 11.6. The van der Waals surface area contributed by atoms with Gasteiger partial charge < -0.3 is 21.3 Å². The molecule has 2 rings (SSSR count). The lowest BCUT2D eigenvalue weighted by Crippen LogP contribution is -2.36. The van der Waals surface area contributed by atoms with Gasteiger partial charge in [0.15, 0.2) is 5.96 Å². The molecule has 2 amide bonds. The summed E-state index contributed by atoms with van der Waals surface area (Å²) in [6.07, 6.45) is 2.09. The van der Waals surface area contributed by atoms with Gasteiger partial charge in [0.25, 0.3) is 0 Å². The van der Waals surface area contributed by atoms with Crippen LogP contribution in [-0.2, 0) is 13.1 Å². The quantitative estimate of drug-likeness (QED) is 0.177. The molecule has 0 saturated carbocycles. The van der Waals surface area contributed by atoms with Gasteiger partial charge >= 0.3 is 6.03 Å². The molecular formula is C22H32IN5OS. The van der Waals surface area contributed by atoms with Crippen molar-refractivity contribution in [2.45, 2.75) is 44.8 Å². The average Bonchev–Trinajstić information content (AvgIpc) is 2.69. The van der Waals surface area contributed by atoms with E-state index in [4.69, 9.17) is 0 Å².